The molecule has 1 aromatic heterocycles. The van der Waals surface area contributed by atoms with Crippen molar-refractivity contribution in [3.8, 4) is 5.75 Å². The Labute approximate surface area is 188 Å². The molecule has 4 rings (SSSR count). The lowest BCUT2D eigenvalue weighted by Crippen LogP contribution is -2.35. The van der Waals surface area contributed by atoms with Gasteiger partial charge in [0, 0.05) is 56.6 Å². The minimum absolute atomic E-state index is 0.0453. The Morgan fingerprint density at radius 1 is 1.16 bits per heavy atom. The molecule has 170 valence electrons. The number of hydrogen-bond acceptors (Lipinski definition) is 7. The molecule has 2 N–H and O–H groups in total. The first kappa shape index (κ1) is 21.9. The average Bonchev–Trinajstić information content (AvgIpc) is 3.46. The molecule has 0 radical (unpaired) electrons. The standard InChI is InChI=1S/C23H30N6O3/c1-16-13-20(28-11-3-4-12-28)27-23(26-16)25-10-9-24-22(31)17-14-21(30)29(15-17)18-5-7-19(32-2)8-6-18/h5-8,13,17H,3-4,9-12,14-15H2,1-2H3,(H,24,31)(H,25,26,27). The normalized spacial score (nSPS) is 18.2. The van der Waals surface area contributed by atoms with Crippen molar-refractivity contribution >= 4 is 29.3 Å². The summed E-state index contributed by atoms with van der Waals surface area (Å²) in [6, 6.07) is 9.29. The molecule has 9 nitrogen and oxygen atoms in total. The Bertz CT molecular complexity index is 959. The lowest BCUT2D eigenvalue weighted by atomic mass is 10.1. The smallest absolute Gasteiger partial charge is 0.227 e. The summed E-state index contributed by atoms with van der Waals surface area (Å²) in [5, 5.41) is 6.12. The number of amides is 2. The highest BCUT2D eigenvalue weighted by atomic mass is 16.5. The van der Waals surface area contributed by atoms with Gasteiger partial charge in [-0.15, -0.1) is 0 Å². The molecule has 32 heavy (non-hydrogen) atoms. The summed E-state index contributed by atoms with van der Waals surface area (Å²) in [7, 11) is 1.60. The van der Waals surface area contributed by atoms with Gasteiger partial charge in [-0.2, -0.15) is 4.98 Å². The number of rotatable bonds is 8. The van der Waals surface area contributed by atoms with Crippen molar-refractivity contribution < 1.29 is 14.3 Å². The zero-order chi connectivity index (χ0) is 22.5. The van der Waals surface area contributed by atoms with Gasteiger partial charge in [0.2, 0.25) is 17.8 Å². The molecule has 0 spiro atoms. The van der Waals surface area contributed by atoms with Crippen molar-refractivity contribution in [3.63, 3.8) is 0 Å². The molecule has 2 aromatic rings. The van der Waals surface area contributed by atoms with Gasteiger partial charge in [0.1, 0.15) is 11.6 Å². The Morgan fingerprint density at radius 3 is 2.62 bits per heavy atom. The van der Waals surface area contributed by atoms with E-state index in [1.54, 1.807) is 12.0 Å². The Hall–Kier alpha value is -3.36. The van der Waals surface area contributed by atoms with Crippen LogP contribution >= 0.6 is 0 Å². The molecule has 2 aliphatic heterocycles. The fourth-order valence-electron chi connectivity index (χ4n) is 4.14. The van der Waals surface area contributed by atoms with E-state index >= 15 is 0 Å². The molecule has 3 heterocycles. The molecule has 1 atom stereocenters. The number of carbonyl (C=O) groups is 2. The van der Waals surface area contributed by atoms with E-state index in [-0.39, 0.29) is 24.2 Å². The lowest BCUT2D eigenvalue weighted by Gasteiger charge is -2.18. The molecule has 0 bridgehead atoms. The van der Waals surface area contributed by atoms with Gasteiger partial charge in [-0.25, -0.2) is 4.98 Å². The maximum atomic E-state index is 12.6. The van der Waals surface area contributed by atoms with Gasteiger partial charge in [0.05, 0.1) is 13.0 Å². The molecule has 2 saturated heterocycles. The van der Waals surface area contributed by atoms with E-state index in [2.05, 4.69) is 25.5 Å². The highest BCUT2D eigenvalue weighted by Crippen LogP contribution is 2.27. The summed E-state index contributed by atoms with van der Waals surface area (Å²) >= 11 is 0. The van der Waals surface area contributed by atoms with Crippen molar-refractivity contribution in [1.29, 1.82) is 0 Å². The quantitative estimate of drug-likeness (QED) is 0.608. The van der Waals surface area contributed by atoms with Crippen LogP contribution in [0.1, 0.15) is 25.0 Å². The van der Waals surface area contributed by atoms with Gasteiger partial charge < -0.3 is 25.2 Å². The molecule has 0 saturated carbocycles. The molecular formula is C23H30N6O3. The third-order valence-corrected chi connectivity index (χ3v) is 5.86. The van der Waals surface area contributed by atoms with Crippen molar-refractivity contribution in [1.82, 2.24) is 15.3 Å². The summed E-state index contributed by atoms with van der Waals surface area (Å²) < 4.78 is 5.16. The number of benzene rings is 1. The second-order valence-corrected chi connectivity index (χ2v) is 8.21. The van der Waals surface area contributed by atoms with Crippen LogP contribution in [0.5, 0.6) is 5.75 Å². The van der Waals surface area contributed by atoms with Crippen LogP contribution in [0.2, 0.25) is 0 Å². The molecule has 9 heteroatoms. The zero-order valence-electron chi connectivity index (χ0n) is 18.6. The third kappa shape index (κ3) is 5.09. The Morgan fingerprint density at radius 2 is 1.91 bits per heavy atom. The fraction of sp³-hybridized carbons (Fsp3) is 0.478. The predicted molar refractivity (Wildman–Crippen MR) is 123 cm³/mol. The largest absolute Gasteiger partial charge is 0.497 e. The summed E-state index contributed by atoms with van der Waals surface area (Å²) in [4.78, 5) is 38.0. The first-order valence-corrected chi connectivity index (χ1v) is 11.1. The number of carbonyl (C=O) groups excluding carboxylic acids is 2. The highest BCUT2D eigenvalue weighted by Gasteiger charge is 2.34. The topological polar surface area (TPSA) is 99.7 Å². The second kappa shape index (κ2) is 9.84. The van der Waals surface area contributed by atoms with Crippen molar-refractivity contribution in [3.05, 3.63) is 36.0 Å². The number of aryl methyl sites for hydroxylation is 1. The maximum absolute atomic E-state index is 12.6. The first-order chi connectivity index (χ1) is 15.5. The minimum Gasteiger partial charge on any atom is -0.497 e. The number of anilines is 3. The van der Waals surface area contributed by atoms with Crippen LogP contribution in [-0.2, 0) is 9.59 Å². The average molecular weight is 439 g/mol. The van der Waals surface area contributed by atoms with E-state index in [0.717, 1.165) is 36.0 Å². The van der Waals surface area contributed by atoms with E-state index in [4.69, 9.17) is 4.74 Å². The van der Waals surface area contributed by atoms with Crippen molar-refractivity contribution in [2.75, 3.05) is 55.0 Å². The lowest BCUT2D eigenvalue weighted by molar-refractivity contribution is -0.126. The fourth-order valence-corrected chi connectivity index (χ4v) is 4.14. The zero-order valence-corrected chi connectivity index (χ0v) is 18.6. The third-order valence-electron chi connectivity index (χ3n) is 5.86. The number of nitrogens with zero attached hydrogens (tertiary/aromatic N) is 4. The van der Waals surface area contributed by atoms with Crippen LogP contribution in [-0.4, -0.2) is 61.6 Å². The summed E-state index contributed by atoms with van der Waals surface area (Å²) in [5.74, 6) is 1.73. The van der Waals surface area contributed by atoms with E-state index in [0.29, 0.717) is 25.6 Å². The number of aromatic nitrogens is 2. The monoisotopic (exact) mass is 438 g/mol. The van der Waals surface area contributed by atoms with Crippen LogP contribution in [0.25, 0.3) is 0 Å². The van der Waals surface area contributed by atoms with Crippen LogP contribution in [0.4, 0.5) is 17.5 Å². The second-order valence-electron chi connectivity index (χ2n) is 8.21. The molecule has 1 aromatic carbocycles. The highest BCUT2D eigenvalue weighted by molar-refractivity contribution is 6.00. The molecular weight excluding hydrogens is 408 g/mol. The van der Waals surface area contributed by atoms with Gasteiger partial charge in [-0.1, -0.05) is 0 Å². The number of nitrogens with one attached hydrogen (secondary N) is 2. The molecule has 2 aliphatic rings. The van der Waals surface area contributed by atoms with Crippen molar-refractivity contribution in [2.45, 2.75) is 26.2 Å². The summed E-state index contributed by atoms with van der Waals surface area (Å²) in [6.45, 7) is 5.34. The molecule has 1 unspecified atom stereocenters. The minimum atomic E-state index is -0.360. The van der Waals surface area contributed by atoms with Crippen LogP contribution in [0.15, 0.2) is 30.3 Å². The van der Waals surface area contributed by atoms with E-state index < -0.39 is 0 Å². The first-order valence-electron chi connectivity index (χ1n) is 11.1. The maximum Gasteiger partial charge on any atom is 0.227 e. The summed E-state index contributed by atoms with van der Waals surface area (Å²) in [5.41, 5.74) is 1.69. The van der Waals surface area contributed by atoms with Gasteiger partial charge in [-0.05, 0) is 44.0 Å². The van der Waals surface area contributed by atoms with Crippen LogP contribution in [0.3, 0.4) is 0 Å². The number of ether oxygens (including phenoxy) is 1. The SMILES string of the molecule is COc1ccc(N2CC(C(=O)NCCNc3nc(C)cc(N4CCCC4)n3)CC2=O)cc1. The van der Waals surface area contributed by atoms with Gasteiger partial charge >= 0.3 is 0 Å². The van der Waals surface area contributed by atoms with E-state index in [1.165, 1.54) is 12.8 Å². The molecule has 2 amide bonds. The predicted octanol–water partition coefficient (Wildman–Crippen LogP) is 1.98. The summed E-state index contributed by atoms with van der Waals surface area (Å²) in [6.07, 6.45) is 2.60. The Balaban J connectivity index is 1.25. The van der Waals surface area contributed by atoms with Crippen LogP contribution < -0.4 is 25.2 Å². The van der Waals surface area contributed by atoms with Gasteiger partial charge in [0.25, 0.3) is 0 Å². The van der Waals surface area contributed by atoms with E-state index in [1.807, 2.05) is 37.3 Å². The van der Waals surface area contributed by atoms with Crippen LogP contribution in [0, 0.1) is 12.8 Å². The molecule has 2 fully saturated rings. The van der Waals surface area contributed by atoms with Gasteiger partial charge in [-0.3, -0.25) is 9.59 Å². The van der Waals surface area contributed by atoms with E-state index in [9.17, 15) is 9.59 Å². The number of methoxy groups -OCH3 is 1. The van der Waals surface area contributed by atoms with Gasteiger partial charge in [0.15, 0.2) is 0 Å². The Kier molecular flexibility index (Phi) is 6.72. The van der Waals surface area contributed by atoms with Crippen molar-refractivity contribution in [2.24, 2.45) is 5.92 Å². The number of hydrogen-bond donors (Lipinski definition) is 2. The molecule has 0 aliphatic carbocycles.